The number of hydrazone groups is 1. The molecule has 2 N–H and O–H groups in total. The van der Waals surface area contributed by atoms with E-state index in [2.05, 4.69) is 15.7 Å². The van der Waals surface area contributed by atoms with Crippen LogP contribution in [0.1, 0.15) is 6.42 Å². The Balaban J connectivity index is 0.000000583. The summed E-state index contributed by atoms with van der Waals surface area (Å²) in [5, 5.41) is 17.4. The second-order valence-electron chi connectivity index (χ2n) is 3.12. The second-order valence-corrected chi connectivity index (χ2v) is 3.12. The maximum Gasteiger partial charge on any atom is 0.192 e. The first-order valence-electron chi connectivity index (χ1n) is 4.77. The van der Waals surface area contributed by atoms with Gasteiger partial charge in [0.1, 0.15) is 0 Å². The van der Waals surface area contributed by atoms with Gasteiger partial charge in [0.25, 0.3) is 0 Å². The summed E-state index contributed by atoms with van der Waals surface area (Å²) >= 11 is 0. The molecule has 1 fully saturated rings. The molecule has 1 saturated heterocycles. The van der Waals surface area contributed by atoms with Crippen LogP contribution < -0.4 is 10.6 Å². The summed E-state index contributed by atoms with van der Waals surface area (Å²) in [7, 11) is 3.75. The Kier molecular flexibility index (Phi) is 8.59. The average Bonchev–Trinajstić information content (AvgIpc) is 2.66. The van der Waals surface area contributed by atoms with Crippen molar-refractivity contribution in [2.24, 2.45) is 11.0 Å². The Labute approximate surface area is 89.0 Å². The number of nitro groups is 1. The third-order valence-electron chi connectivity index (χ3n) is 1.67. The Hall–Kier alpha value is -1.21. The quantitative estimate of drug-likeness (QED) is 0.292. The molecule has 0 aromatic carbocycles. The molecule has 1 rings (SSSR count). The van der Waals surface area contributed by atoms with Crippen LogP contribution in [0.5, 0.6) is 0 Å². The van der Waals surface area contributed by atoms with Gasteiger partial charge in [0.15, 0.2) is 11.4 Å². The summed E-state index contributed by atoms with van der Waals surface area (Å²) in [5.74, 6) is 0.461. The standard InChI is InChI=1S/C6H11N3O3.C2H7N/c10-9(11)8-5-7-3-6-1-2-12-4-6;1-3-2/h5-6H,1-4H2,(H,7,8);3H,1-2H3. The molecule has 1 aliphatic rings. The van der Waals surface area contributed by atoms with Crippen LogP contribution in [0.25, 0.3) is 0 Å². The van der Waals surface area contributed by atoms with E-state index in [0.29, 0.717) is 12.5 Å². The monoisotopic (exact) mass is 218 g/mol. The minimum Gasteiger partial charge on any atom is -0.381 e. The molecule has 1 atom stereocenters. The fourth-order valence-corrected chi connectivity index (χ4v) is 1.05. The smallest absolute Gasteiger partial charge is 0.192 e. The van der Waals surface area contributed by atoms with Crippen LogP contribution in [0.15, 0.2) is 5.10 Å². The first-order chi connectivity index (χ1) is 7.20. The molecule has 7 heteroatoms. The largest absolute Gasteiger partial charge is 0.381 e. The summed E-state index contributed by atoms with van der Waals surface area (Å²) in [6.07, 6.45) is 2.12. The predicted octanol–water partition coefficient (Wildman–Crippen LogP) is -0.332. The van der Waals surface area contributed by atoms with Crippen molar-refractivity contribution in [1.82, 2.24) is 10.6 Å². The van der Waals surface area contributed by atoms with Crippen molar-refractivity contribution < 1.29 is 9.77 Å². The Bertz CT molecular complexity index is 192. The lowest BCUT2D eigenvalue weighted by molar-refractivity contribution is -0.484. The normalized spacial score (nSPS) is 19.7. The van der Waals surface area contributed by atoms with Crippen LogP contribution in [0.2, 0.25) is 0 Å². The molecule has 15 heavy (non-hydrogen) atoms. The molecule has 1 aliphatic heterocycles. The number of nitrogens with zero attached hydrogens (tertiary/aromatic N) is 2. The first kappa shape index (κ1) is 13.8. The van der Waals surface area contributed by atoms with E-state index in [-0.39, 0.29) is 0 Å². The maximum atomic E-state index is 9.74. The van der Waals surface area contributed by atoms with Gasteiger partial charge in [0.2, 0.25) is 0 Å². The summed E-state index contributed by atoms with van der Waals surface area (Å²) in [4.78, 5) is 9.74. The number of rotatable bonds is 4. The zero-order chi connectivity index (χ0) is 11.5. The third-order valence-corrected chi connectivity index (χ3v) is 1.67. The van der Waals surface area contributed by atoms with E-state index in [1.807, 2.05) is 14.1 Å². The van der Waals surface area contributed by atoms with Gasteiger partial charge in [-0.15, -0.1) is 0 Å². The molecule has 0 radical (unpaired) electrons. The molecule has 1 heterocycles. The van der Waals surface area contributed by atoms with Crippen molar-refractivity contribution in [3.8, 4) is 0 Å². The lowest BCUT2D eigenvalue weighted by atomic mass is 10.1. The fraction of sp³-hybridized carbons (Fsp3) is 0.875. The lowest BCUT2D eigenvalue weighted by Crippen LogP contribution is -2.21. The van der Waals surface area contributed by atoms with Gasteiger partial charge in [-0.3, -0.25) is 0 Å². The molecule has 0 amide bonds. The van der Waals surface area contributed by atoms with E-state index in [1.165, 1.54) is 0 Å². The molecule has 0 bridgehead atoms. The number of hydrogen-bond acceptors (Lipinski definition) is 4. The van der Waals surface area contributed by atoms with Crippen molar-refractivity contribution in [2.45, 2.75) is 6.42 Å². The lowest BCUT2D eigenvalue weighted by Gasteiger charge is -2.04. The molecule has 0 spiro atoms. The average molecular weight is 218 g/mol. The zero-order valence-electron chi connectivity index (χ0n) is 9.10. The Morgan fingerprint density at radius 3 is 2.80 bits per heavy atom. The zero-order valence-corrected chi connectivity index (χ0v) is 9.10. The molecule has 7 nitrogen and oxygen atoms in total. The number of hydrogen-bond donors (Lipinski definition) is 2. The molecule has 0 aromatic heterocycles. The van der Waals surface area contributed by atoms with Crippen LogP contribution in [0.4, 0.5) is 0 Å². The van der Waals surface area contributed by atoms with Gasteiger partial charge < -0.3 is 15.4 Å². The highest BCUT2D eigenvalue weighted by molar-refractivity contribution is 5.52. The van der Waals surface area contributed by atoms with Crippen LogP contribution in [0, 0.1) is 16.0 Å². The first-order valence-corrected chi connectivity index (χ1v) is 4.77. The predicted molar refractivity (Wildman–Crippen MR) is 57.4 cm³/mol. The Morgan fingerprint density at radius 1 is 1.67 bits per heavy atom. The van der Waals surface area contributed by atoms with Gasteiger partial charge in [-0.25, -0.2) is 10.1 Å². The highest BCUT2D eigenvalue weighted by Crippen LogP contribution is 2.09. The van der Waals surface area contributed by atoms with E-state index >= 15 is 0 Å². The molecule has 0 aliphatic carbocycles. The topological polar surface area (TPSA) is 88.8 Å². The van der Waals surface area contributed by atoms with E-state index in [9.17, 15) is 10.1 Å². The van der Waals surface area contributed by atoms with Gasteiger partial charge in [-0.2, -0.15) is 0 Å². The molecule has 0 aromatic rings. The molecule has 1 unspecified atom stereocenters. The van der Waals surface area contributed by atoms with Crippen molar-refractivity contribution in [2.75, 3.05) is 33.9 Å². The third kappa shape index (κ3) is 9.10. The van der Waals surface area contributed by atoms with Crippen LogP contribution >= 0.6 is 0 Å². The summed E-state index contributed by atoms with van der Waals surface area (Å²) in [6, 6.07) is 0. The molecular formula is C8H18N4O3. The van der Waals surface area contributed by atoms with E-state index in [0.717, 1.165) is 26.0 Å². The summed E-state index contributed by atoms with van der Waals surface area (Å²) in [5.41, 5.74) is 0. The fourth-order valence-electron chi connectivity index (χ4n) is 1.05. The SMILES string of the molecule is CNC.O=[N+]([O-])/N=C/NCC1CCOC1. The van der Waals surface area contributed by atoms with Crippen molar-refractivity contribution in [3.05, 3.63) is 10.1 Å². The van der Waals surface area contributed by atoms with E-state index in [4.69, 9.17) is 4.74 Å². The molecular weight excluding hydrogens is 200 g/mol. The molecule has 0 saturated carbocycles. The van der Waals surface area contributed by atoms with Gasteiger partial charge in [-0.05, 0) is 20.5 Å². The summed E-state index contributed by atoms with van der Waals surface area (Å²) in [6.45, 7) is 2.22. The van der Waals surface area contributed by atoms with E-state index < -0.39 is 5.03 Å². The minimum absolute atomic E-state index is 0.461. The van der Waals surface area contributed by atoms with Crippen molar-refractivity contribution in [3.63, 3.8) is 0 Å². The Morgan fingerprint density at radius 2 is 2.33 bits per heavy atom. The number of nitrogens with one attached hydrogen (secondary N) is 2. The van der Waals surface area contributed by atoms with E-state index in [1.54, 1.807) is 0 Å². The summed E-state index contributed by atoms with van der Waals surface area (Å²) < 4.78 is 5.12. The molecule has 88 valence electrons. The van der Waals surface area contributed by atoms with Gasteiger partial charge in [-0.1, -0.05) is 0 Å². The van der Waals surface area contributed by atoms with Gasteiger partial charge in [0, 0.05) is 19.1 Å². The highest BCUT2D eigenvalue weighted by atomic mass is 16.7. The van der Waals surface area contributed by atoms with Crippen LogP contribution in [-0.2, 0) is 4.74 Å². The highest BCUT2D eigenvalue weighted by Gasteiger charge is 2.14. The maximum absolute atomic E-state index is 9.74. The van der Waals surface area contributed by atoms with Gasteiger partial charge >= 0.3 is 0 Å². The van der Waals surface area contributed by atoms with Crippen LogP contribution in [-0.4, -0.2) is 45.2 Å². The van der Waals surface area contributed by atoms with Crippen molar-refractivity contribution >= 4 is 6.34 Å². The minimum atomic E-state index is -0.738. The van der Waals surface area contributed by atoms with Gasteiger partial charge in [0.05, 0.1) is 11.7 Å². The van der Waals surface area contributed by atoms with Crippen LogP contribution in [0.3, 0.4) is 0 Å². The number of ether oxygens (including phenoxy) is 1. The second kappa shape index (κ2) is 9.35. The van der Waals surface area contributed by atoms with Crippen molar-refractivity contribution in [1.29, 1.82) is 0 Å².